The van der Waals surface area contributed by atoms with Crippen LogP contribution in [0.3, 0.4) is 0 Å². The first-order chi connectivity index (χ1) is 14.5. The van der Waals surface area contributed by atoms with Crippen LogP contribution in [0.2, 0.25) is 0 Å². The van der Waals surface area contributed by atoms with Crippen LogP contribution in [0.1, 0.15) is 51.5 Å². The first kappa shape index (κ1) is 19.1. The molecule has 1 aliphatic heterocycles. The van der Waals surface area contributed by atoms with E-state index < -0.39 is 5.79 Å². The van der Waals surface area contributed by atoms with E-state index in [1.807, 2.05) is 12.1 Å². The van der Waals surface area contributed by atoms with Gasteiger partial charge in [-0.15, -0.1) is 0 Å². The van der Waals surface area contributed by atoms with Gasteiger partial charge in [-0.25, -0.2) is 0 Å². The van der Waals surface area contributed by atoms with Crippen LogP contribution >= 0.6 is 0 Å². The van der Waals surface area contributed by atoms with Crippen molar-refractivity contribution in [2.45, 2.75) is 57.2 Å². The van der Waals surface area contributed by atoms with Gasteiger partial charge < -0.3 is 14.2 Å². The summed E-state index contributed by atoms with van der Waals surface area (Å²) in [6, 6.07) is 8.48. The highest BCUT2D eigenvalue weighted by Crippen LogP contribution is 2.81. The molecule has 4 aliphatic carbocycles. The van der Waals surface area contributed by atoms with Crippen LogP contribution in [0.4, 0.5) is 0 Å². The third kappa shape index (κ3) is 1.86. The number of carbonyl (C=O) groups excluding carboxylic acids is 1. The molecule has 1 heterocycles. The third-order valence-corrected chi connectivity index (χ3v) is 9.76. The number of ether oxygens (including phenoxy) is 3. The van der Waals surface area contributed by atoms with Crippen molar-refractivity contribution in [3.05, 3.63) is 42.0 Å². The molecule has 0 N–H and O–H groups in total. The van der Waals surface area contributed by atoms with E-state index in [1.165, 1.54) is 18.4 Å². The fourth-order valence-electron chi connectivity index (χ4n) is 8.62. The van der Waals surface area contributed by atoms with Crippen LogP contribution in [0.15, 0.2) is 36.4 Å². The van der Waals surface area contributed by atoms with Gasteiger partial charge in [-0.1, -0.05) is 51.0 Å². The Balaban J connectivity index is 1.62. The van der Waals surface area contributed by atoms with E-state index in [-0.39, 0.29) is 34.0 Å². The number of rotatable bonds is 2. The normalized spacial score (nSPS) is 45.6. The number of Topliss-reactive ketones (excluding diaryl/α,β-unsaturated/α-hetero) is 1. The van der Waals surface area contributed by atoms with E-state index in [1.54, 1.807) is 7.11 Å². The Morgan fingerprint density at radius 2 is 1.73 bits per heavy atom. The van der Waals surface area contributed by atoms with Crippen molar-refractivity contribution in [2.24, 2.45) is 28.6 Å². The molecule has 160 valence electrons. The smallest absolute Gasteiger partial charge is 0.175 e. The number of carbonyl (C=O) groups is 1. The molecule has 4 nitrogen and oxygen atoms in total. The lowest BCUT2D eigenvalue weighted by Gasteiger charge is -2.54. The lowest BCUT2D eigenvalue weighted by Crippen LogP contribution is -2.60. The molecule has 3 saturated carbocycles. The second kappa shape index (κ2) is 5.98. The molecule has 0 radical (unpaired) electrons. The molecule has 1 aromatic carbocycles. The number of methoxy groups -OCH3 is 1. The highest BCUT2D eigenvalue weighted by Gasteiger charge is 2.82. The fraction of sp³-hybridized carbons (Fsp3) is 0.654. The van der Waals surface area contributed by atoms with Crippen LogP contribution in [0, 0.1) is 28.6 Å². The first-order valence-corrected chi connectivity index (χ1v) is 11.6. The van der Waals surface area contributed by atoms with Crippen molar-refractivity contribution < 1.29 is 19.0 Å². The topological polar surface area (TPSA) is 44.8 Å². The molecule has 0 unspecified atom stereocenters. The maximum absolute atomic E-state index is 13.8. The van der Waals surface area contributed by atoms with Gasteiger partial charge in [0, 0.05) is 35.0 Å². The Kier molecular flexibility index (Phi) is 3.80. The highest BCUT2D eigenvalue weighted by atomic mass is 16.7. The van der Waals surface area contributed by atoms with Gasteiger partial charge in [0.2, 0.25) is 0 Å². The molecule has 1 spiro atoms. The zero-order valence-electron chi connectivity index (χ0n) is 18.3. The summed E-state index contributed by atoms with van der Waals surface area (Å²) in [4.78, 5) is 13.8. The second-order valence-corrected chi connectivity index (χ2v) is 10.5. The maximum atomic E-state index is 13.8. The lowest BCUT2D eigenvalue weighted by molar-refractivity contribution is -0.266. The predicted molar refractivity (Wildman–Crippen MR) is 113 cm³/mol. The number of allylic oxidation sites excluding steroid dienone is 2. The molecular weight excluding hydrogens is 376 g/mol. The number of ketones is 1. The zero-order chi connectivity index (χ0) is 20.8. The van der Waals surface area contributed by atoms with Crippen molar-refractivity contribution in [3.8, 4) is 5.75 Å². The fourth-order valence-corrected chi connectivity index (χ4v) is 8.62. The van der Waals surface area contributed by atoms with Gasteiger partial charge >= 0.3 is 0 Å². The Hall–Kier alpha value is -1.65. The van der Waals surface area contributed by atoms with Gasteiger partial charge in [0.1, 0.15) is 11.5 Å². The van der Waals surface area contributed by atoms with E-state index in [0.717, 1.165) is 18.6 Å². The summed E-state index contributed by atoms with van der Waals surface area (Å²) in [7, 11) is 1.70. The minimum atomic E-state index is -0.629. The summed E-state index contributed by atoms with van der Waals surface area (Å²) in [6.07, 6.45) is 10.1. The van der Waals surface area contributed by atoms with E-state index in [2.05, 4.69) is 38.1 Å². The first-order valence-electron chi connectivity index (χ1n) is 11.6. The van der Waals surface area contributed by atoms with E-state index in [9.17, 15) is 4.79 Å². The van der Waals surface area contributed by atoms with Gasteiger partial charge in [-0.2, -0.15) is 0 Å². The molecule has 0 amide bonds. The van der Waals surface area contributed by atoms with Crippen LogP contribution in [-0.4, -0.2) is 31.9 Å². The molecule has 0 aromatic heterocycles. The van der Waals surface area contributed by atoms with Gasteiger partial charge in [0.05, 0.1) is 20.3 Å². The Labute approximate surface area is 179 Å². The van der Waals surface area contributed by atoms with Crippen LogP contribution in [0.5, 0.6) is 5.75 Å². The average molecular weight is 409 g/mol. The van der Waals surface area contributed by atoms with Crippen molar-refractivity contribution in [3.63, 3.8) is 0 Å². The van der Waals surface area contributed by atoms with E-state index in [4.69, 9.17) is 14.2 Å². The SMILES string of the molecule is COc1ccc([C@]23C=C[C@@]4(CCCC[C@]24C)[C@@H]2[C@H]3C(=O)C[C@@H](C)C23OCCO3)cc1. The summed E-state index contributed by atoms with van der Waals surface area (Å²) in [6.45, 7) is 5.88. The molecule has 5 aliphatic rings. The number of fused-ring (bicyclic) bond motifs is 3. The lowest BCUT2D eigenvalue weighted by atomic mass is 9.52. The summed E-state index contributed by atoms with van der Waals surface area (Å²) < 4.78 is 18.4. The maximum Gasteiger partial charge on any atom is 0.175 e. The quantitative estimate of drug-likeness (QED) is 0.667. The molecule has 1 saturated heterocycles. The van der Waals surface area contributed by atoms with Crippen LogP contribution < -0.4 is 4.74 Å². The Morgan fingerprint density at radius 3 is 2.43 bits per heavy atom. The van der Waals surface area contributed by atoms with E-state index >= 15 is 0 Å². The largest absolute Gasteiger partial charge is 0.497 e. The zero-order valence-corrected chi connectivity index (χ0v) is 18.3. The van der Waals surface area contributed by atoms with Crippen molar-refractivity contribution in [1.82, 2.24) is 0 Å². The van der Waals surface area contributed by atoms with Crippen LogP contribution in [0.25, 0.3) is 0 Å². The Morgan fingerprint density at radius 1 is 1.03 bits per heavy atom. The van der Waals surface area contributed by atoms with Crippen molar-refractivity contribution in [2.75, 3.05) is 20.3 Å². The van der Waals surface area contributed by atoms with Gasteiger partial charge in [-0.3, -0.25) is 4.79 Å². The minimum absolute atomic E-state index is 0.00972. The van der Waals surface area contributed by atoms with Crippen molar-refractivity contribution >= 4 is 5.78 Å². The molecule has 30 heavy (non-hydrogen) atoms. The molecule has 2 bridgehead atoms. The minimum Gasteiger partial charge on any atom is -0.497 e. The predicted octanol–water partition coefficient (Wildman–Crippen LogP) is 4.67. The summed E-state index contributed by atoms with van der Waals surface area (Å²) in [5, 5.41) is 0. The molecule has 6 atom stereocenters. The molecule has 6 rings (SSSR count). The van der Waals surface area contributed by atoms with E-state index in [0.29, 0.717) is 25.4 Å². The second-order valence-electron chi connectivity index (χ2n) is 10.5. The van der Waals surface area contributed by atoms with Gasteiger partial charge in [0.15, 0.2) is 5.79 Å². The summed E-state index contributed by atoms with van der Waals surface area (Å²) in [5.41, 5.74) is 0.882. The number of hydrogen-bond acceptors (Lipinski definition) is 4. The molecular formula is C26H32O4. The number of benzene rings is 1. The molecule has 4 heteroatoms. The summed E-state index contributed by atoms with van der Waals surface area (Å²) >= 11 is 0. The van der Waals surface area contributed by atoms with Gasteiger partial charge in [0.25, 0.3) is 0 Å². The summed E-state index contributed by atoms with van der Waals surface area (Å²) in [5.74, 6) is 0.710. The monoisotopic (exact) mass is 408 g/mol. The van der Waals surface area contributed by atoms with Crippen molar-refractivity contribution in [1.29, 1.82) is 0 Å². The molecule has 1 aromatic rings. The van der Waals surface area contributed by atoms with Crippen LogP contribution in [-0.2, 0) is 19.7 Å². The molecule has 4 fully saturated rings. The average Bonchev–Trinajstić information content (AvgIpc) is 3.40. The highest BCUT2D eigenvalue weighted by molar-refractivity contribution is 5.87. The van der Waals surface area contributed by atoms with Gasteiger partial charge in [-0.05, 0) is 36.0 Å². The standard InChI is InChI=1S/C26H32O4/c1-17-16-20(27)21-22(26(17)29-14-15-30-26)24-11-5-4-10-23(24,2)25(21,13-12-24)18-6-8-19(28-3)9-7-18/h6-9,12-13,17,21-22H,4-5,10-11,14-16H2,1-3H3/t17-,21-,22+,23+,24+,25+/m1/s1. The number of hydrogen-bond donors (Lipinski definition) is 0. The Bertz CT molecular complexity index is 913. The third-order valence-electron chi connectivity index (χ3n) is 9.76.